The summed E-state index contributed by atoms with van der Waals surface area (Å²) in [5, 5.41) is 21.6. The van der Waals surface area contributed by atoms with Crippen LogP contribution in [0.1, 0.15) is 115 Å². The van der Waals surface area contributed by atoms with Crippen LogP contribution in [-0.4, -0.2) is 33.2 Å². The zero-order valence-electron chi connectivity index (χ0n) is 21.5. The summed E-state index contributed by atoms with van der Waals surface area (Å²) in [5.74, 6) is -1.53. The number of ketones is 1. The number of rotatable bonds is 18. The molecule has 0 fully saturated rings. The van der Waals surface area contributed by atoms with Crippen LogP contribution >= 0.6 is 0 Å². The van der Waals surface area contributed by atoms with Crippen LogP contribution in [0, 0.1) is 10.1 Å². The van der Waals surface area contributed by atoms with E-state index in [-0.39, 0.29) is 11.3 Å². The van der Waals surface area contributed by atoms with Crippen LogP contribution in [0.25, 0.3) is 0 Å². The van der Waals surface area contributed by atoms with Crippen LogP contribution in [-0.2, 0) is 9.59 Å². The van der Waals surface area contributed by atoms with Gasteiger partial charge in [0.1, 0.15) is 0 Å². The largest absolute Gasteiger partial charge is 0.503 e. The fourth-order valence-electron chi connectivity index (χ4n) is 4.88. The Hall–Kier alpha value is -2.70. The molecule has 7 heteroatoms. The van der Waals surface area contributed by atoms with Crippen molar-refractivity contribution in [1.82, 2.24) is 4.90 Å². The molecule has 0 aromatic heterocycles. The molecule has 1 amide bonds. The fourth-order valence-corrected chi connectivity index (χ4v) is 4.88. The summed E-state index contributed by atoms with van der Waals surface area (Å²) in [6, 6.07) is 5.15. The molecular formula is C28H42N2O5. The van der Waals surface area contributed by atoms with Crippen LogP contribution < -0.4 is 0 Å². The number of non-ortho nitro benzene ring substituents is 1. The van der Waals surface area contributed by atoms with Gasteiger partial charge in [0.25, 0.3) is 11.6 Å². The number of carbonyl (C=O) groups excluding carboxylic acids is 2. The standard InChI is InChI=1S/C28H42N2O5/c1-3-4-5-6-7-8-9-10-11-12-13-14-15-16-20-29-26(25(22(2)31)27(32)28(29)33)23-18-17-19-24(21-23)30(34)35/h17-19,21,26,32H,3-16,20H2,1-2H3/t26-/m1/s1. The lowest BCUT2D eigenvalue weighted by Gasteiger charge is -2.26. The number of Topliss-reactive ketones (excluding diaryl/α,β-unsaturated/α-hetero) is 1. The van der Waals surface area contributed by atoms with E-state index in [4.69, 9.17) is 0 Å². The van der Waals surface area contributed by atoms with Gasteiger partial charge in [0.05, 0.1) is 16.5 Å². The maximum Gasteiger partial charge on any atom is 0.290 e. The van der Waals surface area contributed by atoms with Crippen molar-refractivity contribution in [1.29, 1.82) is 0 Å². The average molecular weight is 487 g/mol. The summed E-state index contributed by atoms with van der Waals surface area (Å²) in [4.78, 5) is 37.1. The molecule has 1 N–H and O–H groups in total. The number of aliphatic hydroxyl groups excluding tert-OH is 1. The second-order valence-electron chi connectivity index (χ2n) is 9.67. The van der Waals surface area contributed by atoms with Gasteiger partial charge in [-0.3, -0.25) is 19.7 Å². The van der Waals surface area contributed by atoms with E-state index in [1.807, 2.05) is 0 Å². The lowest BCUT2D eigenvalue weighted by molar-refractivity contribution is -0.384. The summed E-state index contributed by atoms with van der Waals surface area (Å²) >= 11 is 0. The van der Waals surface area contributed by atoms with Crippen molar-refractivity contribution in [3.05, 3.63) is 51.3 Å². The Bertz CT molecular complexity index is 880. The molecule has 194 valence electrons. The molecule has 0 spiro atoms. The molecule has 0 bridgehead atoms. The topological polar surface area (TPSA) is 101 Å². The van der Waals surface area contributed by atoms with E-state index in [1.165, 1.54) is 101 Å². The molecule has 35 heavy (non-hydrogen) atoms. The molecular weight excluding hydrogens is 444 g/mol. The maximum atomic E-state index is 12.7. The van der Waals surface area contributed by atoms with Gasteiger partial charge in [-0.25, -0.2) is 0 Å². The summed E-state index contributed by atoms with van der Waals surface area (Å²) in [5.41, 5.74) is 0.369. The van der Waals surface area contributed by atoms with Crippen molar-refractivity contribution in [3.8, 4) is 0 Å². The van der Waals surface area contributed by atoms with E-state index >= 15 is 0 Å². The van der Waals surface area contributed by atoms with Crippen molar-refractivity contribution < 1.29 is 19.6 Å². The molecule has 1 aliphatic heterocycles. The summed E-state index contributed by atoms with van der Waals surface area (Å²) in [6.45, 7) is 3.94. The number of unbranched alkanes of at least 4 members (excludes halogenated alkanes) is 13. The second-order valence-corrected chi connectivity index (χ2v) is 9.67. The van der Waals surface area contributed by atoms with E-state index < -0.39 is 28.4 Å². The van der Waals surface area contributed by atoms with Crippen LogP contribution in [0.3, 0.4) is 0 Å². The van der Waals surface area contributed by atoms with Crippen LogP contribution in [0.15, 0.2) is 35.6 Å². The third kappa shape index (κ3) is 8.79. The first-order chi connectivity index (χ1) is 16.9. The molecule has 7 nitrogen and oxygen atoms in total. The minimum Gasteiger partial charge on any atom is -0.503 e. The zero-order chi connectivity index (χ0) is 25.6. The molecule has 1 heterocycles. The van der Waals surface area contributed by atoms with Crippen LogP contribution in [0.4, 0.5) is 5.69 Å². The Labute approximate surface area is 209 Å². The Morgan fingerprint density at radius 2 is 1.46 bits per heavy atom. The van der Waals surface area contributed by atoms with E-state index in [1.54, 1.807) is 6.07 Å². The van der Waals surface area contributed by atoms with Gasteiger partial charge in [0.2, 0.25) is 0 Å². The molecule has 2 rings (SSSR count). The third-order valence-electron chi connectivity index (χ3n) is 6.83. The number of aliphatic hydroxyl groups is 1. The molecule has 1 aromatic rings. The van der Waals surface area contributed by atoms with Crippen molar-refractivity contribution >= 4 is 17.4 Å². The predicted octanol–water partition coefficient (Wildman–Crippen LogP) is 7.36. The first-order valence-corrected chi connectivity index (χ1v) is 13.4. The van der Waals surface area contributed by atoms with Gasteiger partial charge in [-0.05, 0) is 18.9 Å². The monoisotopic (exact) mass is 486 g/mol. The Kier molecular flexibility index (Phi) is 12.5. The number of nitrogens with zero attached hydrogens (tertiary/aromatic N) is 2. The van der Waals surface area contributed by atoms with Crippen molar-refractivity contribution in [3.63, 3.8) is 0 Å². The van der Waals surface area contributed by atoms with Crippen LogP contribution in [0.2, 0.25) is 0 Å². The highest BCUT2D eigenvalue weighted by Crippen LogP contribution is 2.38. The minimum absolute atomic E-state index is 0.0147. The van der Waals surface area contributed by atoms with Gasteiger partial charge in [-0.2, -0.15) is 0 Å². The molecule has 0 saturated heterocycles. The second kappa shape index (κ2) is 15.3. The molecule has 0 saturated carbocycles. The molecule has 0 unspecified atom stereocenters. The van der Waals surface area contributed by atoms with Gasteiger partial charge in [0.15, 0.2) is 11.5 Å². The van der Waals surface area contributed by atoms with E-state index in [2.05, 4.69) is 6.92 Å². The molecule has 1 aliphatic rings. The molecule has 0 aliphatic carbocycles. The number of benzene rings is 1. The lowest BCUT2D eigenvalue weighted by atomic mass is 9.96. The summed E-state index contributed by atoms with van der Waals surface area (Å²) in [7, 11) is 0. The molecule has 0 radical (unpaired) electrons. The first-order valence-electron chi connectivity index (χ1n) is 13.4. The third-order valence-corrected chi connectivity index (χ3v) is 6.83. The van der Waals surface area contributed by atoms with Gasteiger partial charge in [0, 0.05) is 18.7 Å². The van der Waals surface area contributed by atoms with Crippen molar-refractivity contribution in [2.75, 3.05) is 6.54 Å². The fraction of sp³-hybridized carbons (Fsp3) is 0.643. The quantitative estimate of drug-likeness (QED) is 0.133. The van der Waals surface area contributed by atoms with Gasteiger partial charge < -0.3 is 10.0 Å². The van der Waals surface area contributed by atoms with E-state index in [0.717, 1.165) is 19.3 Å². The Morgan fingerprint density at radius 1 is 0.943 bits per heavy atom. The first kappa shape index (κ1) is 28.5. The number of nitro groups is 1. The van der Waals surface area contributed by atoms with Gasteiger partial charge in [-0.15, -0.1) is 0 Å². The number of carbonyl (C=O) groups is 2. The smallest absolute Gasteiger partial charge is 0.290 e. The highest BCUT2D eigenvalue weighted by Gasteiger charge is 2.42. The summed E-state index contributed by atoms with van der Waals surface area (Å²) in [6.07, 6.45) is 17.2. The predicted molar refractivity (Wildman–Crippen MR) is 138 cm³/mol. The Balaban J connectivity index is 1.76. The number of hydrogen-bond acceptors (Lipinski definition) is 5. The molecule has 1 aromatic carbocycles. The van der Waals surface area contributed by atoms with E-state index in [0.29, 0.717) is 12.1 Å². The van der Waals surface area contributed by atoms with Gasteiger partial charge >= 0.3 is 0 Å². The van der Waals surface area contributed by atoms with Crippen LogP contribution in [0.5, 0.6) is 0 Å². The average Bonchev–Trinajstić information content (AvgIpc) is 3.09. The SMILES string of the molecule is CCCCCCCCCCCCCCCCN1C(=O)C(O)=C(C(C)=O)[C@H]1c1cccc([N+](=O)[O-])c1. The zero-order valence-corrected chi connectivity index (χ0v) is 21.5. The lowest BCUT2D eigenvalue weighted by Crippen LogP contribution is -2.32. The number of hydrogen-bond donors (Lipinski definition) is 1. The number of amides is 1. The van der Waals surface area contributed by atoms with Crippen molar-refractivity contribution in [2.45, 2.75) is 110 Å². The van der Waals surface area contributed by atoms with Crippen molar-refractivity contribution in [2.24, 2.45) is 0 Å². The van der Waals surface area contributed by atoms with Gasteiger partial charge in [-0.1, -0.05) is 103 Å². The highest BCUT2D eigenvalue weighted by molar-refractivity contribution is 6.08. The normalized spacial score (nSPS) is 15.8. The highest BCUT2D eigenvalue weighted by atomic mass is 16.6. The number of nitro benzene ring substituents is 1. The maximum absolute atomic E-state index is 12.7. The van der Waals surface area contributed by atoms with E-state index in [9.17, 15) is 24.8 Å². The Morgan fingerprint density at radius 3 is 1.94 bits per heavy atom. The summed E-state index contributed by atoms with van der Waals surface area (Å²) < 4.78 is 0. The molecule has 1 atom stereocenters. The minimum atomic E-state index is -0.790.